The molecule has 32 heavy (non-hydrogen) atoms. The molecule has 2 aromatic carbocycles. The lowest BCUT2D eigenvalue weighted by atomic mass is 9.99. The first-order valence-electron chi connectivity index (χ1n) is 11.6. The van der Waals surface area contributed by atoms with E-state index >= 15 is 0 Å². The van der Waals surface area contributed by atoms with Crippen molar-refractivity contribution in [2.75, 3.05) is 6.54 Å². The Hall–Kier alpha value is -2.66. The van der Waals surface area contributed by atoms with Crippen molar-refractivity contribution in [1.82, 2.24) is 5.32 Å². The Bertz CT molecular complexity index is 1050. The van der Waals surface area contributed by atoms with Gasteiger partial charge in [-0.1, -0.05) is 56.5 Å². The van der Waals surface area contributed by atoms with E-state index in [9.17, 15) is 9.59 Å². The van der Waals surface area contributed by atoms with Gasteiger partial charge in [-0.15, -0.1) is 11.3 Å². The lowest BCUT2D eigenvalue weighted by Crippen LogP contribution is -2.25. The summed E-state index contributed by atoms with van der Waals surface area (Å²) in [5.41, 5.74) is 2.03. The minimum atomic E-state index is -0.291. The number of benzene rings is 2. The zero-order chi connectivity index (χ0) is 22.9. The first-order chi connectivity index (χ1) is 15.5. The summed E-state index contributed by atoms with van der Waals surface area (Å²) >= 11 is 1.42. The second kappa shape index (κ2) is 11.8. The zero-order valence-electron chi connectivity index (χ0n) is 19.3. The van der Waals surface area contributed by atoms with Gasteiger partial charge >= 0.3 is 5.97 Å². The molecule has 1 aromatic heterocycles. The van der Waals surface area contributed by atoms with E-state index in [-0.39, 0.29) is 18.0 Å². The maximum Gasteiger partial charge on any atom is 0.348 e. The standard InChI is InChI=1S/C27H33NO3S/c1-4-5-6-7-9-20-12-14-23-21(18-20)10-8-11-24(23)26(29)28-17-16-22-13-15-25(32-22)27(30)31-19(2)3/h8,10-15,18-19H,4-7,9,16-17H2,1-3H3,(H,28,29). The van der Waals surface area contributed by atoms with Crippen molar-refractivity contribution in [2.45, 2.75) is 65.4 Å². The van der Waals surface area contributed by atoms with Gasteiger partial charge in [0.2, 0.25) is 0 Å². The zero-order valence-corrected chi connectivity index (χ0v) is 20.1. The molecule has 0 atom stereocenters. The molecule has 0 radical (unpaired) electrons. The third kappa shape index (κ3) is 6.67. The SMILES string of the molecule is CCCCCCc1ccc2c(C(=O)NCCc3ccc(C(=O)OC(C)C)s3)cccc2c1. The summed E-state index contributed by atoms with van der Waals surface area (Å²) in [4.78, 5) is 26.5. The number of fused-ring (bicyclic) bond motifs is 1. The fraction of sp³-hybridized carbons (Fsp3) is 0.407. The summed E-state index contributed by atoms with van der Waals surface area (Å²) in [7, 11) is 0. The van der Waals surface area contributed by atoms with Crippen molar-refractivity contribution in [3.8, 4) is 0 Å². The number of unbranched alkanes of at least 4 members (excludes halogenated alkanes) is 3. The van der Waals surface area contributed by atoms with Gasteiger partial charge in [-0.05, 0) is 67.6 Å². The molecule has 0 aliphatic rings. The summed E-state index contributed by atoms with van der Waals surface area (Å²) < 4.78 is 5.23. The van der Waals surface area contributed by atoms with Crippen LogP contribution < -0.4 is 5.32 Å². The highest BCUT2D eigenvalue weighted by atomic mass is 32.1. The molecule has 5 heteroatoms. The van der Waals surface area contributed by atoms with E-state index in [2.05, 4.69) is 36.5 Å². The van der Waals surface area contributed by atoms with Gasteiger partial charge in [-0.3, -0.25) is 4.79 Å². The van der Waals surface area contributed by atoms with E-state index < -0.39 is 0 Å². The monoisotopic (exact) mass is 451 g/mol. The van der Waals surface area contributed by atoms with Crippen LogP contribution >= 0.6 is 11.3 Å². The molecule has 0 aliphatic heterocycles. The molecule has 0 saturated heterocycles. The van der Waals surface area contributed by atoms with E-state index in [4.69, 9.17) is 4.74 Å². The van der Waals surface area contributed by atoms with Gasteiger partial charge in [0, 0.05) is 17.0 Å². The molecular weight excluding hydrogens is 418 g/mol. The van der Waals surface area contributed by atoms with Gasteiger partial charge in [0.1, 0.15) is 4.88 Å². The highest BCUT2D eigenvalue weighted by Gasteiger charge is 2.13. The number of nitrogens with one attached hydrogen (secondary N) is 1. The fourth-order valence-corrected chi connectivity index (χ4v) is 4.62. The van der Waals surface area contributed by atoms with Crippen molar-refractivity contribution in [1.29, 1.82) is 0 Å². The number of rotatable bonds is 11. The number of hydrogen-bond acceptors (Lipinski definition) is 4. The Kier molecular flexibility index (Phi) is 8.86. The van der Waals surface area contributed by atoms with Crippen LogP contribution in [-0.4, -0.2) is 24.5 Å². The average Bonchev–Trinajstić information content (AvgIpc) is 3.25. The first kappa shape index (κ1) is 24.0. The molecule has 1 N–H and O–H groups in total. The van der Waals surface area contributed by atoms with Crippen molar-refractivity contribution >= 4 is 34.0 Å². The highest BCUT2D eigenvalue weighted by molar-refractivity contribution is 7.13. The molecule has 170 valence electrons. The molecule has 0 unspecified atom stereocenters. The lowest BCUT2D eigenvalue weighted by Gasteiger charge is -2.09. The maximum absolute atomic E-state index is 12.8. The summed E-state index contributed by atoms with van der Waals surface area (Å²) in [5, 5.41) is 5.12. The summed E-state index contributed by atoms with van der Waals surface area (Å²) in [5.74, 6) is -0.358. The fourth-order valence-electron chi connectivity index (χ4n) is 3.73. The Morgan fingerprint density at radius 3 is 2.62 bits per heavy atom. The van der Waals surface area contributed by atoms with Crippen LogP contribution in [0.25, 0.3) is 10.8 Å². The Morgan fingerprint density at radius 1 is 1.00 bits per heavy atom. The number of thiophene rings is 1. The molecule has 0 aliphatic carbocycles. The smallest absolute Gasteiger partial charge is 0.348 e. The highest BCUT2D eigenvalue weighted by Crippen LogP contribution is 2.22. The molecule has 0 saturated carbocycles. The van der Waals surface area contributed by atoms with Crippen LogP contribution in [0.5, 0.6) is 0 Å². The number of esters is 1. The van der Waals surface area contributed by atoms with E-state index in [0.29, 0.717) is 23.4 Å². The predicted molar refractivity (Wildman–Crippen MR) is 133 cm³/mol. The van der Waals surface area contributed by atoms with Gasteiger partial charge in [0.05, 0.1) is 6.10 Å². The Labute approximate surface area is 195 Å². The van der Waals surface area contributed by atoms with Crippen LogP contribution in [0.4, 0.5) is 0 Å². The second-order valence-corrected chi connectivity index (χ2v) is 9.57. The van der Waals surface area contributed by atoms with Crippen LogP contribution in [0.1, 0.15) is 76.9 Å². The number of aryl methyl sites for hydroxylation is 1. The maximum atomic E-state index is 12.8. The molecule has 4 nitrogen and oxygen atoms in total. The minimum absolute atomic E-state index is 0.0673. The summed E-state index contributed by atoms with van der Waals surface area (Å²) in [6.07, 6.45) is 6.63. The van der Waals surface area contributed by atoms with Gasteiger partial charge < -0.3 is 10.1 Å². The molecule has 3 aromatic rings. The topological polar surface area (TPSA) is 55.4 Å². The van der Waals surface area contributed by atoms with Crippen molar-refractivity contribution in [2.24, 2.45) is 0 Å². The summed E-state index contributed by atoms with van der Waals surface area (Å²) in [6.45, 7) is 6.42. The molecule has 0 fully saturated rings. The number of amides is 1. The Morgan fingerprint density at radius 2 is 1.84 bits per heavy atom. The van der Waals surface area contributed by atoms with Crippen LogP contribution in [-0.2, 0) is 17.6 Å². The number of carbonyl (C=O) groups excluding carboxylic acids is 2. The van der Waals surface area contributed by atoms with Gasteiger partial charge in [-0.25, -0.2) is 4.79 Å². The molecule has 0 bridgehead atoms. The Balaban J connectivity index is 1.57. The summed E-state index contributed by atoms with van der Waals surface area (Å²) in [6, 6.07) is 16.0. The predicted octanol–water partition coefficient (Wildman–Crippen LogP) is 6.56. The van der Waals surface area contributed by atoms with Gasteiger partial charge in [0.15, 0.2) is 0 Å². The van der Waals surface area contributed by atoms with E-state index in [1.54, 1.807) is 6.07 Å². The van der Waals surface area contributed by atoms with E-state index in [0.717, 1.165) is 22.1 Å². The molecule has 1 amide bonds. The molecule has 1 heterocycles. The largest absolute Gasteiger partial charge is 0.459 e. The van der Waals surface area contributed by atoms with Gasteiger partial charge in [0.25, 0.3) is 5.91 Å². The quantitative estimate of drug-likeness (QED) is 0.265. The minimum Gasteiger partial charge on any atom is -0.459 e. The third-order valence-electron chi connectivity index (χ3n) is 5.37. The number of carbonyl (C=O) groups is 2. The molecular formula is C27H33NO3S. The lowest BCUT2D eigenvalue weighted by molar-refractivity contribution is 0.0383. The van der Waals surface area contributed by atoms with Crippen molar-refractivity contribution in [3.05, 3.63) is 69.4 Å². The van der Waals surface area contributed by atoms with Gasteiger partial charge in [-0.2, -0.15) is 0 Å². The van der Waals surface area contributed by atoms with Crippen molar-refractivity contribution in [3.63, 3.8) is 0 Å². The number of ether oxygens (including phenoxy) is 1. The van der Waals surface area contributed by atoms with Crippen molar-refractivity contribution < 1.29 is 14.3 Å². The van der Waals surface area contributed by atoms with Crippen LogP contribution in [0.15, 0.2) is 48.5 Å². The molecule has 0 spiro atoms. The normalized spacial score (nSPS) is 11.1. The molecule has 3 rings (SSSR count). The van der Waals surface area contributed by atoms with Crippen LogP contribution in [0.3, 0.4) is 0 Å². The van der Waals surface area contributed by atoms with Crippen LogP contribution in [0, 0.1) is 0 Å². The third-order valence-corrected chi connectivity index (χ3v) is 6.50. The average molecular weight is 452 g/mol. The first-order valence-corrected chi connectivity index (χ1v) is 12.4. The van der Waals surface area contributed by atoms with Crippen LogP contribution in [0.2, 0.25) is 0 Å². The van der Waals surface area contributed by atoms with E-state index in [1.165, 1.54) is 42.6 Å². The number of hydrogen-bond donors (Lipinski definition) is 1. The second-order valence-electron chi connectivity index (χ2n) is 8.40. The van der Waals surface area contributed by atoms with E-state index in [1.807, 2.05) is 32.0 Å².